The third-order valence-electron chi connectivity index (χ3n) is 3.76. The summed E-state index contributed by atoms with van der Waals surface area (Å²) < 4.78 is 0. The molecule has 1 atom stereocenters. The summed E-state index contributed by atoms with van der Waals surface area (Å²) in [5, 5.41) is 5.82. The Morgan fingerprint density at radius 2 is 1.56 bits per heavy atom. The fourth-order valence-electron chi connectivity index (χ4n) is 2.53. The van der Waals surface area contributed by atoms with Gasteiger partial charge in [0.05, 0.1) is 6.04 Å². The average Bonchev–Trinajstić information content (AvgIpc) is 2.62. The van der Waals surface area contributed by atoms with Gasteiger partial charge in [-0.2, -0.15) is 0 Å². The Balaban J connectivity index is 1.84. The zero-order chi connectivity index (χ0) is 18.1. The standard InChI is InChI=1S/C20H25N3O2/c1-23(2)15-18(16-9-5-3-6-10-16)22-19(24)13-14-21-20(25)17-11-7-4-8-12-17/h3-12,18H,13-15H2,1-2H3,(H,21,25)(H,22,24). The van der Waals surface area contributed by atoms with Crippen LogP contribution in [0.5, 0.6) is 0 Å². The minimum Gasteiger partial charge on any atom is -0.352 e. The molecule has 25 heavy (non-hydrogen) atoms. The monoisotopic (exact) mass is 339 g/mol. The maximum atomic E-state index is 12.2. The minimum atomic E-state index is -0.165. The fourth-order valence-corrected chi connectivity index (χ4v) is 2.53. The molecule has 1 unspecified atom stereocenters. The van der Waals surface area contributed by atoms with Gasteiger partial charge < -0.3 is 15.5 Å². The molecular weight excluding hydrogens is 314 g/mol. The molecule has 2 rings (SSSR count). The molecule has 5 heteroatoms. The smallest absolute Gasteiger partial charge is 0.251 e. The minimum absolute atomic E-state index is 0.0754. The Kier molecular flexibility index (Phi) is 7.16. The molecule has 0 aliphatic heterocycles. The van der Waals surface area contributed by atoms with E-state index in [1.807, 2.05) is 67.5 Å². The number of likely N-dealkylation sites (N-methyl/N-ethyl adjacent to an activating group) is 1. The van der Waals surface area contributed by atoms with E-state index in [2.05, 4.69) is 10.6 Å². The molecule has 132 valence electrons. The molecule has 5 nitrogen and oxygen atoms in total. The van der Waals surface area contributed by atoms with E-state index in [1.165, 1.54) is 0 Å². The summed E-state index contributed by atoms with van der Waals surface area (Å²) in [6, 6.07) is 18.8. The topological polar surface area (TPSA) is 61.4 Å². The van der Waals surface area contributed by atoms with E-state index in [0.717, 1.165) is 5.56 Å². The molecule has 2 amide bonds. The highest BCUT2D eigenvalue weighted by atomic mass is 16.2. The highest BCUT2D eigenvalue weighted by molar-refractivity contribution is 5.94. The van der Waals surface area contributed by atoms with Gasteiger partial charge in [-0.1, -0.05) is 48.5 Å². The van der Waals surface area contributed by atoms with E-state index in [0.29, 0.717) is 18.7 Å². The van der Waals surface area contributed by atoms with Crippen LogP contribution in [0, 0.1) is 0 Å². The van der Waals surface area contributed by atoms with Crippen LogP contribution in [0.25, 0.3) is 0 Å². The molecule has 0 aliphatic carbocycles. The molecular formula is C20H25N3O2. The van der Waals surface area contributed by atoms with Crippen molar-refractivity contribution < 1.29 is 9.59 Å². The van der Waals surface area contributed by atoms with Gasteiger partial charge in [-0.05, 0) is 31.8 Å². The van der Waals surface area contributed by atoms with Crippen molar-refractivity contribution >= 4 is 11.8 Å². The van der Waals surface area contributed by atoms with E-state index >= 15 is 0 Å². The Hall–Kier alpha value is -2.66. The number of hydrogen-bond acceptors (Lipinski definition) is 3. The van der Waals surface area contributed by atoms with Crippen molar-refractivity contribution in [1.82, 2.24) is 15.5 Å². The van der Waals surface area contributed by atoms with E-state index in [4.69, 9.17) is 0 Å². The Bertz CT molecular complexity index is 672. The number of nitrogens with one attached hydrogen (secondary N) is 2. The molecule has 0 aromatic heterocycles. The molecule has 0 radical (unpaired) electrons. The number of rotatable bonds is 8. The quantitative estimate of drug-likeness (QED) is 0.775. The highest BCUT2D eigenvalue weighted by Crippen LogP contribution is 2.13. The number of amides is 2. The van der Waals surface area contributed by atoms with Crippen LogP contribution in [0.15, 0.2) is 60.7 Å². The zero-order valence-corrected chi connectivity index (χ0v) is 14.7. The second-order valence-electron chi connectivity index (χ2n) is 6.16. The number of hydrogen-bond donors (Lipinski definition) is 2. The Labute approximate surface area is 149 Å². The van der Waals surface area contributed by atoms with Crippen LogP contribution in [0.2, 0.25) is 0 Å². The summed E-state index contributed by atoms with van der Waals surface area (Å²) in [6.07, 6.45) is 0.245. The summed E-state index contributed by atoms with van der Waals surface area (Å²) in [7, 11) is 3.95. The van der Waals surface area contributed by atoms with Gasteiger partial charge in [0, 0.05) is 25.1 Å². The van der Waals surface area contributed by atoms with Crippen molar-refractivity contribution in [3.8, 4) is 0 Å². The van der Waals surface area contributed by atoms with Crippen molar-refractivity contribution in [3.05, 3.63) is 71.8 Å². The Morgan fingerprint density at radius 1 is 0.960 bits per heavy atom. The first-order chi connectivity index (χ1) is 12.1. The molecule has 0 heterocycles. The van der Waals surface area contributed by atoms with Gasteiger partial charge in [-0.25, -0.2) is 0 Å². The first-order valence-electron chi connectivity index (χ1n) is 8.38. The Morgan fingerprint density at radius 3 is 2.16 bits per heavy atom. The largest absolute Gasteiger partial charge is 0.352 e. The maximum absolute atomic E-state index is 12.2. The summed E-state index contributed by atoms with van der Waals surface area (Å²) in [5.74, 6) is -0.245. The first kappa shape index (κ1) is 18.7. The lowest BCUT2D eigenvalue weighted by Gasteiger charge is -2.23. The maximum Gasteiger partial charge on any atom is 0.251 e. The molecule has 0 saturated heterocycles. The van der Waals surface area contributed by atoms with Gasteiger partial charge in [-0.3, -0.25) is 9.59 Å². The van der Waals surface area contributed by atoms with Gasteiger partial charge in [0.15, 0.2) is 0 Å². The van der Waals surface area contributed by atoms with Crippen LogP contribution in [-0.4, -0.2) is 43.9 Å². The molecule has 2 aromatic carbocycles. The summed E-state index contributed by atoms with van der Waals surface area (Å²) >= 11 is 0. The molecule has 0 spiro atoms. The molecule has 0 saturated carbocycles. The second-order valence-corrected chi connectivity index (χ2v) is 6.16. The van der Waals surface area contributed by atoms with Crippen molar-refractivity contribution in [1.29, 1.82) is 0 Å². The SMILES string of the molecule is CN(C)CC(NC(=O)CCNC(=O)c1ccccc1)c1ccccc1. The summed E-state index contributed by atoms with van der Waals surface area (Å²) in [6.45, 7) is 1.02. The molecule has 2 aromatic rings. The number of benzene rings is 2. The van der Waals surface area contributed by atoms with Crippen LogP contribution in [0.4, 0.5) is 0 Å². The number of carbonyl (C=O) groups is 2. The lowest BCUT2D eigenvalue weighted by atomic mass is 10.1. The lowest BCUT2D eigenvalue weighted by molar-refractivity contribution is -0.121. The van der Waals surface area contributed by atoms with E-state index < -0.39 is 0 Å². The van der Waals surface area contributed by atoms with Crippen LogP contribution < -0.4 is 10.6 Å². The van der Waals surface area contributed by atoms with Crippen LogP contribution in [0.1, 0.15) is 28.4 Å². The van der Waals surface area contributed by atoms with Gasteiger partial charge in [0.25, 0.3) is 5.91 Å². The fraction of sp³-hybridized carbons (Fsp3) is 0.300. The lowest BCUT2D eigenvalue weighted by Crippen LogP contribution is -2.37. The van der Waals surface area contributed by atoms with Gasteiger partial charge in [-0.15, -0.1) is 0 Å². The van der Waals surface area contributed by atoms with Gasteiger partial charge in [0.2, 0.25) is 5.91 Å². The van der Waals surface area contributed by atoms with Gasteiger partial charge >= 0.3 is 0 Å². The first-order valence-corrected chi connectivity index (χ1v) is 8.38. The van der Waals surface area contributed by atoms with E-state index in [1.54, 1.807) is 12.1 Å². The van der Waals surface area contributed by atoms with Crippen molar-refractivity contribution in [2.75, 3.05) is 27.2 Å². The van der Waals surface area contributed by atoms with Crippen LogP contribution in [-0.2, 0) is 4.79 Å². The third-order valence-corrected chi connectivity index (χ3v) is 3.76. The highest BCUT2D eigenvalue weighted by Gasteiger charge is 2.15. The van der Waals surface area contributed by atoms with Crippen molar-refractivity contribution in [2.45, 2.75) is 12.5 Å². The normalized spacial score (nSPS) is 11.8. The predicted octanol–water partition coefficient (Wildman–Crippen LogP) is 2.23. The summed E-state index contributed by atoms with van der Waals surface area (Å²) in [5.41, 5.74) is 1.66. The van der Waals surface area contributed by atoms with Gasteiger partial charge in [0.1, 0.15) is 0 Å². The van der Waals surface area contributed by atoms with Crippen LogP contribution in [0.3, 0.4) is 0 Å². The van der Waals surface area contributed by atoms with E-state index in [9.17, 15) is 9.59 Å². The zero-order valence-electron chi connectivity index (χ0n) is 14.7. The van der Waals surface area contributed by atoms with Crippen molar-refractivity contribution in [2.24, 2.45) is 0 Å². The average molecular weight is 339 g/mol. The van der Waals surface area contributed by atoms with Crippen molar-refractivity contribution in [3.63, 3.8) is 0 Å². The van der Waals surface area contributed by atoms with E-state index in [-0.39, 0.29) is 24.3 Å². The number of carbonyl (C=O) groups excluding carboxylic acids is 2. The summed E-state index contributed by atoms with van der Waals surface area (Å²) in [4.78, 5) is 26.2. The second kappa shape index (κ2) is 9.59. The molecule has 2 N–H and O–H groups in total. The molecule has 0 fully saturated rings. The van der Waals surface area contributed by atoms with Crippen LogP contribution >= 0.6 is 0 Å². The third kappa shape index (κ3) is 6.39. The molecule has 0 bridgehead atoms. The predicted molar refractivity (Wildman–Crippen MR) is 99.3 cm³/mol. The number of nitrogens with zero attached hydrogens (tertiary/aromatic N) is 1. The molecule has 0 aliphatic rings.